The van der Waals surface area contributed by atoms with Gasteiger partial charge in [0.05, 0.1) is 5.69 Å². The predicted molar refractivity (Wildman–Crippen MR) is 103 cm³/mol. The average Bonchev–Trinajstić information content (AvgIpc) is 2.65. The van der Waals surface area contributed by atoms with Crippen LogP contribution in [-0.2, 0) is 14.3 Å². The fraction of sp³-hybridized carbons (Fsp3) is 0.150. The first-order valence-electron chi connectivity index (χ1n) is 7.88. The number of nitrogens with one attached hydrogen (secondary N) is 1. The summed E-state index contributed by atoms with van der Waals surface area (Å²) >= 11 is 1.64. The molecule has 2 aromatic carbocycles. The lowest BCUT2D eigenvalue weighted by Gasteiger charge is -2.08. The number of ketones is 1. The molecule has 0 saturated carbocycles. The van der Waals surface area contributed by atoms with Crippen LogP contribution in [0.1, 0.15) is 22.8 Å². The van der Waals surface area contributed by atoms with Crippen molar-refractivity contribution in [1.82, 2.24) is 0 Å². The number of anilines is 1. The second kappa shape index (κ2) is 9.58. The van der Waals surface area contributed by atoms with Crippen molar-refractivity contribution in [3.05, 3.63) is 65.7 Å². The van der Waals surface area contributed by atoms with E-state index in [2.05, 4.69) is 5.32 Å². The third-order valence-electron chi connectivity index (χ3n) is 3.45. The Morgan fingerprint density at radius 2 is 1.77 bits per heavy atom. The number of carbonyl (C=O) groups excluding carboxylic acids is 3. The summed E-state index contributed by atoms with van der Waals surface area (Å²) in [6, 6.07) is 14.3. The van der Waals surface area contributed by atoms with Crippen molar-refractivity contribution >= 4 is 41.2 Å². The molecule has 0 bridgehead atoms. The number of esters is 1. The third-order valence-corrected chi connectivity index (χ3v) is 4.20. The fourth-order valence-corrected chi connectivity index (χ4v) is 2.56. The molecule has 0 unspecified atom stereocenters. The van der Waals surface area contributed by atoms with Gasteiger partial charge in [-0.25, -0.2) is 4.79 Å². The number of hydrogen-bond donors (Lipinski definition) is 1. The number of carbonyl (C=O) groups is 3. The molecule has 1 N–H and O–H groups in total. The van der Waals surface area contributed by atoms with Gasteiger partial charge in [0.25, 0.3) is 5.91 Å². The minimum atomic E-state index is -0.617. The van der Waals surface area contributed by atoms with Gasteiger partial charge in [-0.3, -0.25) is 9.59 Å². The summed E-state index contributed by atoms with van der Waals surface area (Å²) in [5.41, 5.74) is 1.66. The van der Waals surface area contributed by atoms with Crippen LogP contribution in [0.4, 0.5) is 5.69 Å². The SMILES string of the molecule is CSc1ccc(C=CC(=O)OCC(=O)Nc2ccccc2C(C)=O)cc1. The number of ether oxygens (including phenoxy) is 1. The molecule has 0 spiro atoms. The maximum atomic E-state index is 11.9. The first-order valence-corrected chi connectivity index (χ1v) is 9.11. The Kier molecular flexibility index (Phi) is 7.17. The van der Waals surface area contributed by atoms with Crippen molar-refractivity contribution in [3.63, 3.8) is 0 Å². The summed E-state index contributed by atoms with van der Waals surface area (Å²) < 4.78 is 4.92. The smallest absolute Gasteiger partial charge is 0.331 e. The summed E-state index contributed by atoms with van der Waals surface area (Å²) in [6.07, 6.45) is 4.88. The molecule has 0 radical (unpaired) electrons. The lowest BCUT2D eigenvalue weighted by molar-refractivity contribution is -0.142. The molecule has 0 aliphatic heterocycles. The lowest BCUT2D eigenvalue weighted by Crippen LogP contribution is -2.21. The van der Waals surface area contributed by atoms with E-state index in [-0.39, 0.29) is 5.78 Å². The second-order valence-corrected chi connectivity index (χ2v) is 6.24. The molecule has 0 heterocycles. The zero-order chi connectivity index (χ0) is 18.9. The Morgan fingerprint density at radius 1 is 1.08 bits per heavy atom. The van der Waals surface area contributed by atoms with E-state index in [1.165, 1.54) is 13.0 Å². The summed E-state index contributed by atoms with van der Waals surface area (Å²) in [4.78, 5) is 36.3. The molecule has 0 fully saturated rings. The lowest BCUT2D eigenvalue weighted by atomic mass is 10.1. The van der Waals surface area contributed by atoms with E-state index in [0.29, 0.717) is 11.3 Å². The number of para-hydroxylation sites is 1. The largest absolute Gasteiger partial charge is 0.452 e. The average molecular weight is 369 g/mol. The van der Waals surface area contributed by atoms with E-state index >= 15 is 0 Å². The van der Waals surface area contributed by atoms with Crippen LogP contribution in [0.2, 0.25) is 0 Å². The van der Waals surface area contributed by atoms with Crippen molar-refractivity contribution in [1.29, 1.82) is 0 Å². The maximum Gasteiger partial charge on any atom is 0.331 e. The van der Waals surface area contributed by atoms with Crippen LogP contribution in [0, 0.1) is 0 Å². The van der Waals surface area contributed by atoms with Crippen molar-refractivity contribution in [2.24, 2.45) is 0 Å². The zero-order valence-corrected chi connectivity index (χ0v) is 15.3. The van der Waals surface area contributed by atoms with Crippen molar-refractivity contribution in [3.8, 4) is 0 Å². The van der Waals surface area contributed by atoms with Crippen LogP contribution in [0.15, 0.2) is 59.5 Å². The van der Waals surface area contributed by atoms with Gasteiger partial charge in [0.1, 0.15) is 0 Å². The quantitative estimate of drug-likeness (QED) is 0.348. The van der Waals surface area contributed by atoms with E-state index in [4.69, 9.17) is 4.74 Å². The van der Waals surface area contributed by atoms with Gasteiger partial charge in [0, 0.05) is 16.5 Å². The molecule has 2 rings (SSSR count). The Balaban J connectivity index is 1.86. The maximum absolute atomic E-state index is 11.9. The molecular formula is C20H19NO4S. The summed E-state index contributed by atoms with van der Waals surface area (Å²) in [7, 11) is 0. The van der Waals surface area contributed by atoms with Crippen molar-refractivity contribution in [2.45, 2.75) is 11.8 Å². The number of rotatable bonds is 7. The third kappa shape index (κ3) is 5.89. The van der Waals surface area contributed by atoms with Crippen LogP contribution in [0.3, 0.4) is 0 Å². The summed E-state index contributed by atoms with van der Waals surface area (Å²) in [5, 5.41) is 2.57. The van der Waals surface area contributed by atoms with Crippen molar-refractivity contribution in [2.75, 3.05) is 18.2 Å². The summed E-state index contributed by atoms with van der Waals surface area (Å²) in [5.74, 6) is -1.29. The molecule has 2 aromatic rings. The normalized spacial score (nSPS) is 10.5. The number of thioether (sulfide) groups is 1. The fourth-order valence-electron chi connectivity index (χ4n) is 2.15. The van der Waals surface area contributed by atoms with Gasteiger partial charge in [0.2, 0.25) is 0 Å². The van der Waals surface area contributed by atoms with Gasteiger partial charge < -0.3 is 10.1 Å². The van der Waals surface area contributed by atoms with E-state index in [9.17, 15) is 14.4 Å². The monoisotopic (exact) mass is 369 g/mol. The van der Waals surface area contributed by atoms with Gasteiger partial charge in [-0.1, -0.05) is 24.3 Å². The molecule has 5 nitrogen and oxygen atoms in total. The minimum absolute atomic E-state index is 0.159. The molecule has 6 heteroatoms. The molecule has 0 atom stereocenters. The van der Waals surface area contributed by atoms with Gasteiger partial charge in [0.15, 0.2) is 12.4 Å². The number of amides is 1. The van der Waals surface area contributed by atoms with Gasteiger partial charge >= 0.3 is 5.97 Å². The first-order chi connectivity index (χ1) is 12.5. The van der Waals surface area contributed by atoms with E-state index in [0.717, 1.165) is 10.5 Å². The Bertz CT molecular complexity index is 828. The van der Waals surface area contributed by atoms with Crippen molar-refractivity contribution < 1.29 is 19.1 Å². The van der Waals surface area contributed by atoms with Crippen LogP contribution in [-0.4, -0.2) is 30.5 Å². The molecule has 0 aliphatic carbocycles. The number of hydrogen-bond acceptors (Lipinski definition) is 5. The highest BCUT2D eigenvalue weighted by molar-refractivity contribution is 7.98. The van der Waals surface area contributed by atoms with Gasteiger partial charge in [-0.05, 0) is 49.1 Å². The zero-order valence-electron chi connectivity index (χ0n) is 14.5. The number of Topliss-reactive ketones (excluding diaryl/α,β-unsaturated/α-hetero) is 1. The van der Waals surface area contributed by atoms with E-state index in [1.807, 2.05) is 30.5 Å². The van der Waals surface area contributed by atoms with E-state index in [1.54, 1.807) is 42.1 Å². The Labute approximate surface area is 156 Å². The predicted octanol–water partition coefficient (Wildman–Crippen LogP) is 3.81. The topological polar surface area (TPSA) is 72.5 Å². The highest BCUT2D eigenvalue weighted by atomic mass is 32.2. The van der Waals surface area contributed by atoms with Gasteiger partial charge in [-0.15, -0.1) is 11.8 Å². The molecule has 0 saturated heterocycles. The molecular weight excluding hydrogens is 350 g/mol. The molecule has 1 amide bonds. The van der Waals surface area contributed by atoms with Gasteiger partial charge in [-0.2, -0.15) is 0 Å². The minimum Gasteiger partial charge on any atom is -0.452 e. The molecule has 0 aliphatic rings. The Hall–Kier alpha value is -2.86. The molecule has 26 heavy (non-hydrogen) atoms. The van der Waals surface area contributed by atoms with Crippen LogP contribution >= 0.6 is 11.8 Å². The highest BCUT2D eigenvalue weighted by Gasteiger charge is 2.10. The van der Waals surface area contributed by atoms with E-state index < -0.39 is 18.5 Å². The van der Waals surface area contributed by atoms with Crippen LogP contribution in [0.5, 0.6) is 0 Å². The van der Waals surface area contributed by atoms with Crippen LogP contribution in [0.25, 0.3) is 6.08 Å². The standard InChI is InChI=1S/C20H19NO4S/c1-14(22)17-5-3-4-6-18(17)21-19(23)13-25-20(24)12-9-15-7-10-16(26-2)11-8-15/h3-12H,13H2,1-2H3,(H,21,23). The van der Waals surface area contributed by atoms with Crippen LogP contribution < -0.4 is 5.32 Å². The summed E-state index contributed by atoms with van der Waals surface area (Å²) in [6.45, 7) is 0.988. The highest BCUT2D eigenvalue weighted by Crippen LogP contribution is 2.16. The molecule has 0 aromatic heterocycles. The number of benzene rings is 2. The second-order valence-electron chi connectivity index (χ2n) is 5.36. The molecule has 134 valence electrons. The Morgan fingerprint density at radius 3 is 2.42 bits per heavy atom. The first kappa shape index (κ1) is 19.5.